The van der Waals surface area contributed by atoms with E-state index in [0.717, 1.165) is 5.56 Å². The monoisotopic (exact) mass is 231 g/mol. The summed E-state index contributed by atoms with van der Waals surface area (Å²) in [5, 5.41) is 0. The fraction of sp³-hybridized carbons (Fsp3) is 0.400. The van der Waals surface area contributed by atoms with E-state index in [9.17, 15) is 4.79 Å². The maximum absolute atomic E-state index is 11.2. The number of nitrogens with two attached hydrogens (primary N) is 1. The Hall–Kier alpha value is -1.57. The standard InChI is InChI=1S/C15H21NO/c1-4-5-14(15(16)17)10-12-6-8-13(9-7-12)11(2)3/h4,6-9,11,14H,1,5,10H2,2-3H3,(H2,16,17)/t14-/m0/s1. The quantitative estimate of drug-likeness (QED) is 0.751. The van der Waals surface area contributed by atoms with Crippen LogP contribution in [-0.2, 0) is 11.2 Å². The van der Waals surface area contributed by atoms with Gasteiger partial charge in [0.15, 0.2) is 0 Å². The van der Waals surface area contributed by atoms with E-state index in [1.165, 1.54) is 5.56 Å². The fourth-order valence-corrected chi connectivity index (χ4v) is 1.82. The van der Waals surface area contributed by atoms with E-state index in [1.807, 2.05) is 0 Å². The molecule has 2 N–H and O–H groups in total. The van der Waals surface area contributed by atoms with Crippen molar-refractivity contribution in [1.82, 2.24) is 0 Å². The Bertz CT molecular complexity index is 378. The Morgan fingerprint density at radius 2 is 1.94 bits per heavy atom. The van der Waals surface area contributed by atoms with Gasteiger partial charge in [0.25, 0.3) is 0 Å². The molecule has 0 unspecified atom stereocenters. The van der Waals surface area contributed by atoms with Gasteiger partial charge in [0.1, 0.15) is 0 Å². The third-order valence-corrected chi connectivity index (χ3v) is 2.98. The van der Waals surface area contributed by atoms with Crippen molar-refractivity contribution in [3.05, 3.63) is 48.0 Å². The van der Waals surface area contributed by atoms with Crippen LogP contribution in [0.5, 0.6) is 0 Å². The Kier molecular flexibility index (Phi) is 4.95. The van der Waals surface area contributed by atoms with Crippen LogP contribution in [0.15, 0.2) is 36.9 Å². The Balaban J connectivity index is 2.73. The zero-order chi connectivity index (χ0) is 12.8. The molecule has 1 aromatic carbocycles. The van der Waals surface area contributed by atoms with Crippen LogP contribution in [0.1, 0.15) is 37.3 Å². The summed E-state index contributed by atoms with van der Waals surface area (Å²) < 4.78 is 0. The molecule has 0 saturated carbocycles. The van der Waals surface area contributed by atoms with Gasteiger partial charge in [-0.2, -0.15) is 0 Å². The maximum atomic E-state index is 11.2. The van der Waals surface area contributed by atoms with Gasteiger partial charge >= 0.3 is 0 Å². The normalized spacial score (nSPS) is 12.4. The molecule has 0 saturated heterocycles. The van der Waals surface area contributed by atoms with E-state index < -0.39 is 0 Å². The third-order valence-electron chi connectivity index (χ3n) is 2.98. The number of carbonyl (C=O) groups excluding carboxylic acids is 1. The molecule has 0 fully saturated rings. The Morgan fingerprint density at radius 1 is 1.35 bits per heavy atom. The van der Waals surface area contributed by atoms with Crippen molar-refractivity contribution in [2.45, 2.75) is 32.6 Å². The van der Waals surface area contributed by atoms with Gasteiger partial charge in [-0.15, -0.1) is 6.58 Å². The number of hydrogen-bond acceptors (Lipinski definition) is 1. The van der Waals surface area contributed by atoms with Gasteiger partial charge in [-0.1, -0.05) is 44.2 Å². The summed E-state index contributed by atoms with van der Waals surface area (Å²) in [5.41, 5.74) is 7.83. The van der Waals surface area contributed by atoms with Crippen LogP contribution >= 0.6 is 0 Å². The van der Waals surface area contributed by atoms with E-state index in [-0.39, 0.29) is 11.8 Å². The molecule has 1 amide bonds. The average Bonchev–Trinajstić information content (AvgIpc) is 2.29. The molecule has 0 aliphatic heterocycles. The van der Waals surface area contributed by atoms with Crippen LogP contribution < -0.4 is 5.73 Å². The molecule has 0 spiro atoms. The van der Waals surface area contributed by atoms with Gasteiger partial charge in [-0.3, -0.25) is 4.79 Å². The van der Waals surface area contributed by atoms with Gasteiger partial charge in [0, 0.05) is 5.92 Å². The molecule has 0 aromatic heterocycles. The van der Waals surface area contributed by atoms with Gasteiger partial charge in [0.2, 0.25) is 5.91 Å². The van der Waals surface area contributed by atoms with E-state index >= 15 is 0 Å². The smallest absolute Gasteiger partial charge is 0.221 e. The largest absolute Gasteiger partial charge is 0.369 e. The molecule has 1 atom stereocenters. The minimum atomic E-state index is -0.252. The molecule has 17 heavy (non-hydrogen) atoms. The second-order valence-electron chi connectivity index (χ2n) is 4.72. The highest BCUT2D eigenvalue weighted by Crippen LogP contribution is 2.17. The first-order chi connectivity index (χ1) is 8.04. The topological polar surface area (TPSA) is 43.1 Å². The van der Waals surface area contributed by atoms with Crippen molar-refractivity contribution in [2.24, 2.45) is 11.7 Å². The summed E-state index contributed by atoms with van der Waals surface area (Å²) in [6, 6.07) is 8.39. The number of carbonyl (C=O) groups is 1. The van der Waals surface area contributed by atoms with Gasteiger partial charge in [-0.25, -0.2) is 0 Å². The molecule has 1 aromatic rings. The fourth-order valence-electron chi connectivity index (χ4n) is 1.82. The number of hydrogen-bond donors (Lipinski definition) is 1. The van der Waals surface area contributed by atoms with E-state index in [0.29, 0.717) is 18.8 Å². The predicted octanol–water partition coefficient (Wildman–Crippen LogP) is 3.03. The van der Waals surface area contributed by atoms with Crippen LogP contribution in [0.4, 0.5) is 0 Å². The Morgan fingerprint density at radius 3 is 2.35 bits per heavy atom. The van der Waals surface area contributed by atoms with Crippen LogP contribution in [0.2, 0.25) is 0 Å². The van der Waals surface area contributed by atoms with E-state index in [2.05, 4.69) is 44.7 Å². The highest BCUT2D eigenvalue weighted by atomic mass is 16.1. The molecule has 2 heteroatoms. The summed E-state index contributed by atoms with van der Waals surface area (Å²) in [7, 11) is 0. The zero-order valence-electron chi connectivity index (χ0n) is 10.6. The summed E-state index contributed by atoms with van der Waals surface area (Å²) in [6.07, 6.45) is 3.08. The lowest BCUT2D eigenvalue weighted by Crippen LogP contribution is -2.24. The second-order valence-corrected chi connectivity index (χ2v) is 4.72. The third kappa shape index (κ3) is 4.06. The minimum Gasteiger partial charge on any atom is -0.369 e. The molecule has 1 rings (SSSR count). The molecule has 0 radical (unpaired) electrons. The van der Waals surface area contributed by atoms with Crippen molar-refractivity contribution < 1.29 is 4.79 Å². The molecule has 0 heterocycles. The van der Waals surface area contributed by atoms with Crippen molar-refractivity contribution in [2.75, 3.05) is 0 Å². The predicted molar refractivity (Wildman–Crippen MR) is 71.7 cm³/mol. The van der Waals surface area contributed by atoms with E-state index in [1.54, 1.807) is 6.08 Å². The van der Waals surface area contributed by atoms with Crippen LogP contribution in [0, 0.1) is 5.92 Å². The lowest BCUT2D eigenvalue weighted by Gasteiger charge is -2.12. The highest BCUT2D eigenvalue weighted by Gasteiger charge is 2.14. The lowest BCUT2D eigenvalue weighted by molar-refractivity contribution is -0.121. The van der Waals surface area contributed by atoms with Crippen LogP contribution in [0.3, 0.4) is 0 Å². The van der Waals surface area contributed by atoms with Crippen molar-refractivity contribution in [3.8, 4) is 0 Å². The first-order valence-corrected chi connectivity index (χ1v) is 6.03. The van der Waals surface area contributed by atoms with Gasteiger partial charge < -0.3 is 5.73 Å². The first kappa shape index (κ1) is 13.5. The number of primary amides is 1. The number of amides is 1. The van der Waals surface area contributed by atoms with Crippen molar-refractivity contribution in [1.29, 1.82) is 0 Å². The summed E-state index contributed by atoms with van der Waals surface area (Å²) >= 11 is 0. The number of benzene rings is 1. The Labute approximate surface area is 104 Å². The SMILES string of the molecule is C=CC[C@@H](Cc1ccc(C(C)C)cc1)C(N)=O. The second kappa shape index (κ2) is 6.24. The molecule has 2 nitrogen and oxygen atoms in total. The average molecular weight is 231 g/mol. The number of rotatable bonds is 6. The van der Waals surface area contributed by atoms with E-state index in [4.69, 9.17) is 5.73 Å². The maximum Gasteiger partial charge on any atom is 0.221 e. The zero-order valence-corrected chi connectivity index (χ0v) is 10.6. The highest BCUT2D eigenvalue weighted by molar-refractivity contribution is 5.77. The first-order valence-electron chi connectivity index (χ1n) is 6.03. The van der Waals surface area contributed by atoms with Crippen LogP contribution in [-0.4, -0.2) is 5.91 Å². The van der Waals surface area contributed by atoms with Crippen LogP contribution in [0.25, 0.3) is 0 Å². The molecule has 0 aliphatic rings. The summed E-state index contributed by atoms with van der Waals surface area (Å²) in [6.45, 7) is 7.99. The molecular weight excluding hydrogens is 210 g/mol. The lowest BCUT2D eigenvalue weighted by atomic mass is 9.94. The van der Waals surface area contributed by atoms with Gasteiger partial charge in [0.05, 0.1) is 0 Å². The molecule has 0 aliphatic carbocycles. The summed E-state index contributed by atoms with van der Waals surface area (Å²) in [4.78, 5) is 11.2. The molecule has 92 valence electrons. The van der Waals surface area contributed by atoms with Crippen molar-refractivity contribution >= 4 is 5.91 Å². The molecule has 0 bridgehead atoms. The summed E-state index contributed by atoms with van der Waals surface area (Å²) in [5.74, 6) is 0.138. The minimum absolute atomic E-state index is 0.141. The van der Waals surface area contributed by atoms with Gasteiger partial charge in [-0.05, 0) is 29.9 Å². The molecular formula is C15H21NO. The van der Waals surface area contributed by atoms with Crippen molar-refractivity contribution in [3.63, 3.8) is 0 Å². The number of allylic oxidation sites excluding steroid dienone is 1.